The Kier molecular flexibility index (Phi) is 6.75. The van der Waals surface area contributed by atoms with Gasteiger partial charge in [-0.2, -0.15) is 0 Å². The van der Waals surface area contributed by atoms with Crippen molar-refractivity contribution < 1.29 is 4.39 Å². The van der Waals surface area contributed by atoms with Gasteiger partial charge in [-0.25, -0.2) is 4.39 Å². The molecule has 2 heterocycles. The number of amidine groups is 1. The Hall–Kier alpha value is -3.02. The minimum absolute atomic E-state index is 0.0603. The number of hydrogen-bond donors (Lipinski definition) is 3. The maximum atomic E-state index is 13.6. The first-order valence-electron chi connectivity index (χ1n) is 10.0. The van der Waals surface area contributed by atoms with Crippen LogP contribution in [0.3, 0.4) is 0 Å². The second kappa shape index (κ2) is 9.45. The Morgan fingerprint density at radius 2 is 2.17 bits per heavy atom. The zero-order valence-corrected chi connectivity index (χ0v) is 17.3. The maximum absolute atomic E-state index is 13.6. The Bertz CT molecular complexity index is 853. The third-order valence-corrected chi connectivity index (χ3v) is 5.16. The highest BCUT2D eigenvalue weighted by molar-refractivity contribution is 5.90. The smallest absolute Gasteiger partial charge is 0.123 e. The monoisotopic (exact) mass is 395 g/mol. The van der Waals surface area contributed by atoms with Crippen LogP contribution >= 0.6 is 0 Å². The Labute approximate surface area is 172 Å². The molecule has 0 bridgehead atoms. The van der Waals surface area contributed by atoms with E-state index in [-0.39, 0.29) is 18.0 Å². The van der Waals surface area contributed by atoms with Crippen LogP contribution in [0.4, 0.5) is 4.39 Å². The molecule has 29 heavy (non-hydrogen) atoms. The first-order chi connectivity index (χ1) is 14.0. The van der Waals surface area contributed by atoms with Crippen LogP contribution in [0.2, 0.25) is 0 Å². The number of nitrogens with zero attached hydrogens (tertiary/aromatic N) is 2. The van der Waals surface area contributed by atoms with Gasteiger partial charge in [0.25, 0.3) is 0 Å². The normalized spacial score (nSPS) is 22.1. The number of rotatable bonds is 6. The molecule has 0 amide bonds. The highest BCUT2D eigenvalue weighted by Gasteiger charge is 2.27. The van der Waals surface area contributed by atoms with Gasteiger partial charge >= 0.3 is 0 Å². The molecule has 6 heteroatoms. The Morgan fingerprint density at radius 3 is 2.90 bits per heavy atom. The highest BCUT2D eigenvalue weighted by atomic mass is 19.1. The molecule has 2 aliphatic rings. The highest BCUT2D eigenvalue weighted by Crippen LogP contribution is 2.32. The third kappa shape index (κ3) is 5.08. The molecule has 1 saturated heterocycles. The lowest BCUT2D eigenvalue weighted by molar-refractivity contribution is 0.398. The molecule has 2 aliphatic heterocycles. The standard InChI is InChI=1S/C23H30FN5/c1-4-5-10-21(28(2)3)19-16-26-23(27-19)13-12-22(25)29-14-7-11-20(29)17-8-6-9-18(24)15-17/h4-6,8-10,12-13,15-16,20,23,25-27H,7,11,14H2,1-3H3/b5-4-,13-12-,21-10-,25-22?. The van der Waals surface area contributed by atoms with Crippen LogP contribution in [0.15, 0.2) is 72.2 Å². The van der Waals surface area contributed by atoms with E-state index in [1.807, 2.05) is 62.5 Å². The molecule has 154 valence electrons. The summed E-state index contributed by atoms with van der Waals surface area (Å²) < 4.78 is 13.6. The van der Waals surface area contributed by atoms with Crippen molar-refractivity contribution in [3.05, 3.63) is 83.6 Å². The summed E-state index contributed by atoms with van der Waals surface area (Å²) in [5.74, 6) is 0.225. The van der Waals surface area contributed by atoms with Crippen LogP contribution in [0, 0.1) is 11.2 Å². The Morgan fingerprint density at radius 1 is 1.34 bits per heavy atom. The van der Waals surface area contributed by atoms with Crippen LogP contribution in [0.5, 0.6) is 0 Å². The molecular formula is C23H30FN5. The molecule has 5 nitrogen and oxygen atoms in total. The van der Waals surface area contributed by atoms with Crippen molar-refractivity contribution in [3.63, 3.8) is 0 Å². The summed E-state index contributed by atoms with van der Waals surface area (Å²) in [6.07, 6.45) is 13.7. The quantitative estimate of drug-likeness (QED) is 0.389. The van der Waals surface area contributed by atoms with Gasteiger partial charge in [-0.3, -0.25) is 5.41 Å². The van der Waals surface area contributed by atoms with E-state index in [1.165, 1.54) is 6.07 Å². The van der Waals surface area contributed by atoms with Crippen LogP contribution < -0.4 is 10.6 Å². The van der Waals surface area contributed by atoms with E-state index in [4.69, 9.17) is 5.41 Å². The topological polar surface area (TPSA) is 54.4 Å². The van der Waals surface area contributed by atoms with E-state index in [1.54, 1.807) is 12.1 Å². The summed E-state index contributed by atoms with van der Waals surface area (Å²) in [5.41, 5.74) is 3.02. The number of halogens is 1. The predicted molar refractivity (Wildman–Crippen MR) is 117 cm³/mol. The first-order valence-corrected chi connectivity index (χ1v) is 10.0. The van der Waals surface area contributed by atoms with E-state index >= 15 is 0 Å². The average molecular weight is 396 g/mol. The van der Waals surface area contributed by atoms with E-state index in [0.717, 1.165) is 36.3 Å². The van der Waals surface area contributed by atoms with Crippen LogP contribution in [-0.4, -0.2) is 42.4 Å². The molecule has 3 N–H and O–H groups in total. The average Bonchev–Trinajstić information content (AvgIpc) is 3.36. The molecule has 1 fully saturated rings. The molecule has 0 spiro atoms. The molecule has 1 aromatic carbocycles. The van der Waals surface area contributed by atoms with Gasteiger partial charge in [-0.1, -0.05) is 24.3 Å². The fraction of sp³-hybridized carbons (Fsp3) is 0.348. The first kappa shape index (κ1) is 20.7. The second-order valence-electron chi connectivity index (χ2n) is 7.47. The molecule has 0 aromatic heterocycles. The molecule has 2 unspecified atom stereocenters. The molecule has 0 aliphatic carbocycles. The molecule has 1 aromatic rings. The molecule has 0 radical (unpaired) electrons. The van der Waals surface area contributed by atoms with E-state index < -0.39 is 0 Å². The maximum Gasteiger partial charge on any atom is 0.123 e. The SMILES string of the molecule is C/C=C\C=C(\C1=CNC(/C=C\C(=N)N2CCCC2c2cccc(F)c2)N1)N(C)C. The summed E-state index contributed by atoms with van der Waals surface area (Å²) in [5, 5.41) is 15.3. The van der Waals surface area contributed by atoms with Gasteiger partial charge in [-0.15, -0.1) is 0 Å². The summed E-state index contributed by atoms with van der Waals surface area (Å²) in [7, 11) is 4.02. The lowest BCUT2D eigenvalue weighted by atomic mass is 10.0. The van der Waals surface area contributed by atoms with Crippen LogP contribution in [0.25, 0.3) is 0 Å². The zero-order valence-electron chi connectivity index (χ0n) is 17.3. The van der Waals surface area contributed by atoms with Crippen molar-refractivity contribution in [2.45, 2.75) is 32.0 Å². The van der Waals surface area contributed by atoms with Gasteiger partial charge in [0.1, 0.15) is 17.8 Å². The molecule has 2 atom stereocenters. The summed E-state index contributed by atoms with van der Waals surface area (Å²) in [4.78, 5) is 4.11. The van der Waals surface area contributed by atoms with Crippen molar-refractivity contribution >= 4 is 5.84 Å². The van der Waals surface area contributed by atoms with Gasteiger partial charge in [0, 0.05) is 26.8 Å². The van der Waals surface area contributed by atoms with E-state index in [0.29, 0.717) is 5.84 Å². The molecule has 3 rings (SSSR count). The minimum Gasteiger partial charge on any atom is -0.376 e. The number of likely N-dealkylation sites (N-methyl/N-ethyl adjacent to an activating group) is 1. The van der Waals surface area contributed by atoms with E-state index in [9.17, 15) is 4.39 Å². The summed E-state index contributed by atoms with van der Waals surface area (Å²) >= 11 is 0. The lowest BCUT2D eigenvalue weighted by Crippen LogP contribution is -2.33. The summed E-state index contributed by atoms with van der Waals surface area (Å²) in [6.45, 7) is 2.81. The second-order valence-corrected chi connectivity index (χ2v) is 7.47. The minimum atomic E-state index is -0.225. The summed E-state index contributed by atoms with van der Waals surface area (Å²) in [6, 6.07) is 6.78. The van der Waals surface area contributed by atoms with Crippen molar-refractivity contribution in [1.82, 2.24) is 20.4 Å². The number of nitrogens with one attached hydrogen (secondary N) is 3. The van der Waals surface area contributed by atoms with Crippen molar-refractivity contribution in [2.75, 3.05) is 20.6 Å². The van der Waals surface area contributed by atoms with Crippen LogP contribution in [0.1, 0.15) is 31.4 Å². The predicted octanol–water partition coefficient (Wildman–Crippen LogP) is 3.88. The van der Waals surface area contributed by atoms with Crippen molar-refractivity contribution in [1.29, 1.82) is 5.41 Å². The largest absolute Gasteiger partial charge is 0.376 e. The number of hydrogen-bond acceptors (Lipinski definition) is 4. The van der Waals surface area contributed by atoms with Crippen LogP contribution in [-0.2, 0) is 0 Å². The third-order valence-electron chi connectivity index (χ3n) is 5.16. The van der Waals surface area contributed by atoms with Gasteiger partial charge in [0.05, 0.1) is 17.4 Å². The fourth-order valence-electron chi connectivity index (χ4n) is 3.74. The molecular weight excluding hydrogens is 365 g/mol. The lowest BCUT2D eigenvalue weighted by Gasteiger charge is -2.26. The van der Waals surface area contributed by atoms with Gasteiger partial charge < -0.3 is 20.4 Å². The number of likely N-dealkylation sites (tertiary alicyclic amines) is 1. The zero-order chi connectivity index (χ0) is 20.8. The van der Waals surface area contributed by atoms with Crippen molar-refractivity contribution in [3.8, 4) is 0 Å². The number of benzene rings is 1. The number of allylic oxidation sites excluding steroid dienone is 3. The van der Waals surface area contributed by atoms with Gasteiger partial charge in [0.2, 0.25) is 0 Å². The van der Waals surface area contributed by atoms with Gasteiger partial charge in [-0.05, 0) is 55.7 Å². The van der Waals surface area contributed by atoms with Gasteiger partial charge in [0.15, 0.2) is 0 Å². The van der Waals surface area contributed by atoms with Crippen molar-refractivity contribution in [2.24, 2.45) is 0 Å². The molecule has 0 saturated carbocycles. The van der Waals surface area contributed by atoms with E-state index in [2.05, 4.69) is 21.6 Å². The Balaban J connectivity index is 1.63. The fourth-order valence-corrected chi connectivity index (χ4v) is 3.74.